The molecule has 0 aromatic rings. The van der Waals surface area contributed by atoms with Gasteiger partial charge in [-0.15, -0.1) is 0 Å². The number of nitrogens with two attached hydrogens (primary N) is 1. The average molecular weight is 186 g/mol. The van der Waals surface area contributed by atoms with Crippen molar-refractivity contribution >= 4 is 5.84 Å². The molecule has 0 heterocycles. The Labute approximate surface area is 81.4 Å². The summed E-state index contributed by atoms with van der Waals surface area (Å²) in [7, 11) is 1.67. The van der Waals surface area contributed by atoms with E-state index >= 15 is 0 Å². The van der Waals surface area contributed by atoms with Gasteiger partial charge in [0.2, 0.25) is 0 Å². The summed E-state index contributed by atoms with van der Waals surface area (Å²) in [4.78, 5) is 4.25. The molecule has 0 spiro atoms. The Balaban J connectivity index is 4.40. The summed E-state index contributed by atoms with van der Waals surface area (Å²) >= 11 is 0. The molecule has 78 valence electrons. The largest absolute Gasteiger partial charge is 0.385 e. The topological polar surface area (TPSA) is 47.6 Å². The summed E-state index contributed by atoms with van der Waals surface area (Å²) in [5.74, 6) is 0.608. The van der Waals surface area contributed by atoms with Gasteiger partial charge in [0.15, 0.2) is 0 Å². The molecule has 0 fully saturated rings. The number of nitrogens with zero attached hydrogens (tertiary/aromatic N) is 1. The fourth-order valence-corrected chi connectivity index (χ4v) is 1.24. The zero-order valence-corrected chi connectivity index (χ0v) is 9.42. The first kappa shape index (κ1) is 12.4. The number of hydrogen-bond acceptors (Lipinski definition) is 2. The standard InChI is InChI=1S/C10H22N2O/c1-6-7-12-9(11)8(13-5)10(2,3)4/h8H,6-7H2,1-5H3,(H2,11,12). The molecular weight excluding hydrogens is 164 g/mol. The third-order valence-electron chi connectivity index (χ3n) is 1.81. The van der Waals surface area contributed by atoms with Crippen LogP contribution in [0.15, 0.2) is 4.99 Å². The second-order valence-corrected chi connectivity index (χ2v) is 4.29. The molecule has 0 saturated heterocycles. The van der Waals surface area contributed by atoms with E-state index in [9.17, 15) is 0 Å². The zero-order chi connectivity index (χ0) is 10.5. The molecule has 1 atom stereocenters. The highest BCUT2D eigenvalue weighted by atomic mass is 16.5. The molecule has 0 bridgehead atoms. The minimum absolute atomic E-state index is 0.00999. The van der Waals surface area contributed by atoms with Gasteiger partial charge in [0.25, 0.3) is 0 Å². The van der Waals surface area contributed by atoms with Gasteiger partial charge in [-0.25, -0.2) is 0 Å². The molecule has 0 aromatic carbocycles. The Bertz CT molecular complexity index is 170. The molecule has 13 heavy (non-hydrogen) atoms. The van der Waals surface area contributed by atoms with E-state index in [2.05, 4.69) is 32.7 Å². The van der Waals surface area contributed by atoms with Gasteiger partial charge in [-0.05, 0) is 11.8 Å². The van der Waals surface area contributed by atoms with Crippen molar-refractivity contribution in [1.29, 1.82) is 0 Å². The maximum Gasteiger partial charge on any atom is 0.124 e. The molecule has 0 saturated carbocycles. The van der Waals surface area contributed by atoms with E-state index in [0.717, 1.165) is 13.0 Å². The zero-order valence-electron chi connectivity index (χ0n) is 9.42. The lowest BCUT2D eigenvalue weighted by Gasteiger charge is -2.28. The number of amidine groups is 1. The van der Waals surface area contributed by atoms with E-state index in [1.165, 1.54) is 0 Å². The summed E-state index contributed by atoms with van der Waals surface area (Å²) in [6.45, 7) is 9.14. The van der Waals surface area contributed by atoms with Crippen LogP contribution in [-0.4, -0.2) is 25.6 Å². The second kappa shape index (κ2) is 5.22. The quantitative estimate of drug-likeness (QED) is 0.537. The van der Waals surface area contributed by atoms with Crippen molar-refractivity contribution < 1.29 is 4.74 Å². The summed E-state index contributed by atoms with van der Waals surface area (Å²) in [6.07, 6.45) is 0.931. The van der Waals surface area contributed by atoms with Crippen LogP contribution in [-0.2, 0) is 4.74 Å². The van der Waals surface area contributed by atoms with Crippen LogP contribution in [0, 0.1) is 5.41 Å². The molecule has 0 aromatic heterocycles. The van der Waals surface area contributed by atoms with E-state index in [1.54, 1.807) is 7.11 Å². The predicted octanol–water partition coefficient (Wildman–Crippen LogP) is 1.81. The maximum atomic E-state index is 5.83. The maximum absolute atomic E-state index is 5.83. The molecule has 3 nitrogen and oxygen atoms in total. The molecular formula is C10H22N2O. The predicted molar refractivity (Wildman–Crippen MR) is 57.0 cm³/mol. The molecule has 0 aliphatic rings. The minimum atomic E-state index is -0.0842. The molecule has 0 amide bonds. The molecule has 3 heteroatoms. The van der Waals surface area contributed by atoms with Crippen LogP contribution in [0.25, 0.3) is 0 Å². The van der Waals surface area contributed by atoms with Crippen LogP contribution in [0.5, 0.6) is 0 Å². The van der Waals surface area contributed by atoms with Gasteiger partial charge < -0.3 is 10.5 Å². The van der Waals surface area contributed by atoms with Gasteiger partial charge in [-0.3, -0.25) is 4.99 Å². The normalized spacial score (nSPS) is 15.9. The van der Waals surface area contributed by atoms with Crippen LogP contribution in [0.4, 0.5) is 0 Å². The molecule has 0 aliphatic heterocycles. The lowest BCUT2D eigenvalue weighted by Crippen LogP contribution is -2.41. The Kier molecular flexibility index (Phi) is 4.99. The fourth-order valence-electron chi connectivity index (χ4n) is 1.24. The number of rotatable bonds is 4. The van der Waals surface area contributed by atoms with Crippen molar-refractivity contribution in [2.45, 2.75) is 40.2 Å². The second-order valence-electron chi connectivity index (χ2n) is 4.29. The van der Waals surface area contributed by atoms with Crippen LogP contribution < -0.4 is 5.73 Å². The third-order valence-corrected chi connectivity index (χ3v) is 1.81. The smallest absolute Gasteiger partial charge is 0.124 e. The molecule has 0 aliphatic carbocycles. The van der Waals surface area contributed by atoms with Gasteiger partial charge in [-0.2, -0.15) is 0 Å². The van der Waals surface area contributed by atoms with Crippen molar-refractivity contribution in [2.24, 2.45) is 16.1 Å². The van der Waals surface area contributed by atoms with Gasteiger partial charge in [-0.1, -0.05) is 27.7 Å². The van der Waals surface area contributed by atoms with Crippen LogP contribution in [0.3, 0.4) is 0 Å². The van der Waals surface area contributed by atoms with Crippen molar-refractivity contribution in [1.82, 2.24) is 0 Å². The summed E-state index contributed by atoms with van der Waals surface area (Å²) in [5, 5.41) is 0. The number of ether oxygens (including phenoxy) is 1. The van der Waals surface area contributed by atoms with Crippen molar-refractivity contribution in [2.75, 3.05) is 13.7 Å². The first-order chi connectivity index (χ1) is 5.93. The van der Waals surface area contributed by atoms with E-state index in [-0.39, 0.29) is 11.5 Å². The fraction of sp³-hybridized carbons (Fsp3) is 0.900. The van der Waals surface area contributed by atoms with Crippen molar-refractivity contribution in [3.63, 3.8) is 0 Å². The number of hydrogen-bond donors (Lipinski definition) is 1. The average Bonchev–Trinajstić information content (AvgIpc) is 1.99. The Hall–Kier alpha value is -0.570. The number of methoxy groups -OCH3 is 1. The van der Waals surface area contributed by atoms with E-state index in [4.69, 9.17) is 10.5 Å². The summed E-state index contributed by atoms with van der Waals surface area (Å²) in [6, 6.07) is 0. The van der Waals surface area contributed by atoms with Crippen LogP contribution in [0.1, 0.15) is 34.1 Å². The SMILES string of the molecule is CCCN=C(N)C(OC)C(C)(C)C. The van der Waals surface area contributed by atoms with Crippen molar-refractivity contribution in [3.8, 4) is 0 Å². The monoisotopic (exact) mass is 186 g/mol. The highest BCUT2D eigenvalue weighted by Gasteiger charge is 2.27. The first-order valence-corrected chi connectivity index (χ1v) is 4.76. The Morgan fingerprint density at radius 2 is 2.00 bits per heavy atom. The summed E-state index contributed by atoms with van der Waals surface area (Å²) in [5.41, 5.74) is 5.84. The van der Waals surface area contributed by atoms with Gasteiger partial charge in [0, 0.05) is 13.7 Å². The van der Waals surface area contributed by atoms with Crippen LogP contribution in [0.2, 0.25) is 0 Å². The highest BCUT2D eigenvalue weighted by Crippen LogP contribution is 2.21. The van der Waals surface area contributed by atoms with Gasteiger partial charge >= 0.3 is 0 Å². The van der Waals surface area contributed by atoms with E-state index < -0.39 is 0 Å². The molecule has 2 N–H and O–H groups in total. The minimum Gasteiger partial charge on any atom is -0.385 e. The Morgan fingerprint density at radius 3 is 2.31 bits per heavy atom. The van der Waals surface area contributed by atoms with Gasteiger partial charge in [0.05, 0.1) is 0 Å². The third kappa shape index (κ3) is 4.27. The molecule has 0 radical (unpaired) electrons. The molecule has 1 unspecified atom stereocenters. The van der Waals surface area contributed by atoms with Gasteiger partial charge in [0.1, 0.15) is 11.9 Å². The number of aliphatic imine (C=N–C) groups is 1. The summed E-state index contributed by atoms with van der Waals surface area (Å²) < 4.78 is 5.32. The highest BCUT2D eigenvalue weighted by molar-refractivity contribution is 5.85. The lowest BCUT2D eigenvalue weighted by atomic mass is 9.88. The van der Waals surface area contributed by atoms with Crippen LogP contribution >= 0.6 is 0 Å². The lowest BCUT2D eigenvalue weighted by molar-refractivity contribution is 0.0672. The molecule has 0 rings (SSSR count). The van der Waals surface area contributed by atoms with E-state index in [1.807, 2.05) is 0 Å². The van der Waals surface area contributed by atoms with Crippen molar-refractivity contribution in [3.05, 3.63) is 0 Å². The van der Waals surface area contributed by atoms with E-state index in [0.29, 0.717) is 5.84 Å². The first-order valence-electron chi connectivity index (χ1n) is 4.76. The Morgan fingerprint density at radius 1 is 1.46 bits per heavy atom.